The second-order valence-corrected chi connectivity index (χ2v) is 6.18. The van der Waals surface area contributed by atoms with Gasteiger partial charge in [0.15, 0.2) is 18.1 Å². The van der Waals surface area contributed by atoms with Crippen molar-refractivity contribution < 1.29 is 23.8 Å². The molecule has 0 N–H and O–H groups in total. The average Bonchev–Trinajstić information content (AvgIpc) is 2.84. The lowest BCUT2D eigenvalue weighted by atomic mass is 10.1. The summed E-state index contributed by atoms with van der Waals surface area (Å²) in [5, 5.41) is 0.634. The van der Waals surface area contributed by atoms with Crippen molar-refractivity contribution in [2.75, 3.05) is 19.8 Å². The lowest BCUT2D eigenvalue weighted by Gasteiger charge is -2.09. The fraction of sp³-hybridized carbons (Fsp3) is 0.222. The highest BCUT2D eigenvalue weighted by Gasteiger charge is 2.17. The maximum atomic E-state index is 12.2. The van der Waals surface area contributed by atoms with Crippen molar-refractivity contribution in [2.45, 2.75) is 6.42 Å². The van der Waals surface area contributed by atoms with E-state index in [1.165, 1.54) is 12.1 Å². The lowest BCUT2D eigenvalue weighted by molar-refractivity contribution is 0.0474. The number of carbonyl (C=O) groups excluding carboxylic acids is 2. The number of carbonyl (C=O) groups is 2. The number of benzene rings is 2. The zero-order valence-corrected chi connectivity index (χ0v) is 14.6. The summed E-state index contributed by atoms with van der Waals surface area (Å²) in [5.41, 5.74) is 0.525. The predicted molar refractivity (Wildman–Crippen MR) is 93.1 cm³/mol. The maximum absolute atomic E-state index is 12.2. The number of esters is 1. The third kappa shape index (κ3) is 4.24. The first-order chi connectivity index (χ1) is 12.0. The summed E-state index contributed by atoms with van der Waals surface area (Å²) in [6, 6.07) is 9.26. The van der Waals surface area contributed by atoms with E-state index < -0.39 is 18.4 Å². The van der Waals surface area contributed by atoms with E-state index in [4.69, 9.17) is 37.4 Å². The topological polar surface area (TPSA) is 61.8 Å². The molecular formula is C18H14Cl2O5. The van der Waals surface area contributed by atoms with Gasteiger partial charge < -0.3 is 14.2 Å². The quantitative estimate of drug-likeness (QED) is 0.587. The van der Waals surface area contributed by atoms with Crippen LogP contribution in [0, 0.1) is 0 Å². The van der Waals surface area contributed by atoms with Crippen LogP contribution in [0.2, 0.25) is 10.0 Å². The number of hydrogen-bond donors (Lipinski definition) is 0. The molecular weight excluding hydrogens is 367 g/mol. The molecule has 7 heteroatoms. The second kappa shape index (κ2) is 7.76. The molecule has 0 unspecified atom stereocenters. The van der Waals surface area contributed by atoms with Crippen molar-refractivity contribution in [3.05, 3.63) is 57.6 Å². The Morgan fingerprint density at radius 3 is 2.52 bits per heavy atom. The minimum Gasteiger partial charge on any atom is -0.490 e. The summed E-state index contributed by atoms with van der Waals surface area (Å²) >= 11 is 11.8. The maximum Gasteiger partial charge on any atom is 0.338 e. The summed E-state index contributed by atoms with van der Waals surface area (Å²) in [6.45, 7) is 0.654. The van der Waals surface area contributed by atoms with E-state index in [0.29, 0.717) is 29.7 Å². The molecule has 0 atom stereocenters. The average molecular weight is 381 g/mol. The van der Waals surface area contributed by atoms with E-state index in [0.717, 1.165) is 6.42 Å². The van der Waals surface area contributed by atoms with Crippen molar-refractivity contribution in [1.29, 1.82) is 0 Å². The van der Waals surface area contributed by atoms with Crippen LogP contribution in [-0.4, -0.2) is 31.6 Å². The zero-order valence-electron chi connectivity index (χ0n) is 13.1. The number of rotatable bonds is 4. The Hall–Kier alpha value is -2.24. The number of ether oxygens (including phenoxy) is 3. The SMILES string of the molecule is O=C(OCC(=O)c1ccc(Cl)cc1Cl)c1ccc2c(c1)OCCCO2. The number of ketones is 1. The van der Waals surface area contributed by atoms with Crippen LogP contribution in [0.25, 0.3) is 0 Å². The summed E-state index contributed by atoms with van der Waals surface area (Å²) in [6.07, 6.45) is 0.769. The summed E-state index contributed by atoms with van der Waals surface area (Å²) in [4.78, 5) is 24.3. The largest absolute Gasteiger partial charge is 0.490 e. The first kappa shape index (κ1) is 17.6. The molecule has 25 heavy (non-hydrogen) atoms. The fourth-order valence-electron chi connectivity index (χ4n) is 2.30. The Labute approximate surface area is 154 Å². The monoisotopic (exact) mass is 380 g/mol. The third-order valence-electron chi connectivity index (χ3n) is 3.55. The van der Waals surface area contributed by atoms with E-state index in [1.54, 1.807) is 24.3 Å². The van der Waals surface area contributed by atoms with Crippen molar-refractivity contribution in [1.82, 2.24) is 0 Å². The molecule has 0 bridgehead atoms. The smallest absolute Gasteiger partial charge is 0.338 e. The molecule has 1 heterocycles. The minimum absolute atomic E-state index is 0.212. The highest BCUT2D eigenvalue weighted by atomic mass is 35.5. The van der Waals surface area contributed by atoms with Gasteiger partial charge in [0.05, 0.1) is 23.8 Å². The second-order valence-electron chi connectivity index (χ2n) is 5.34. The lowest BCUT2D eigenvalue weighted by Crippen LogP contribution is -2.14. The molecule has 130 valence electrons. The first-order valence-corrected chi connectivity index (χ1v) is 8.35. The molecule has 1 aliphatic rings. The van der Waals surface area contributed by atoms with Crippen molar-refractivity contribution in [2.24, 2.45) is 0 Å². The van der Waals surface area contributed by atoms with Crippen LogP contribution in [0.5, 0.6) is 11.5 Å². The summed E-state index contributed by atoms with van der Waals surface area (Å²) in [7, 11) is 0. The highest BCUT2D eigenvalue weighted by Crippen LogP contribution is 2.30. The van der Waals surface area contributed by atoms with Gasteiger partial charge >= 0.3 is 5.97 Å². The van der Waals surface area contributed by atoms with Gasteiger partial charge in [-0.25, -0.2) is 4.79 Å². The number of hydrogen-bond acceptors (Lipinski definition) is 5. The van der Waals surface area contributed by atoms with E-state index >= 15 is 0 Å². The van der Waals surface area contributed by atoms with Crippen molar-refractivity contribution in [3.63, 3.8) is 0 Å². The van der Waals surface area contributed by atoms with Gasteiger partial charge in [0, 0.05) is 17.0 Å². The van der Waals surface area contributed by atoms with Gasteiger partial charge in [-0.3, -0.25) is 4.79 Å². The molecule has 0 amide bonds. The predicted octanol–water partition coefficient (Wildman–Crippen LogP) is 4.19. The van der Waals surface area contributed by atoms with Crippen LogP contribution >= 0.6 is 23.2 Å². The number of fused-ring (bicyclic) bond motifs is 1. The molecule has 0 fully saturated rings. The van der Waals surface area contributed by atoms with Crippen LogP contribution in [0.1, 0.15) is 27.1 Å². The minimum atomic E-state index is -0.630. The molecule has 1 aliphatic heterocycles. The van der Waals surface area contributed by atoms with Crippen LogP contribution < -0.4 is 9.47 Å². The molecule has 5 nitrogen and oxygen atoms in total. The van der Waals surface area contributed by atoms with E-state index in [9.17, 15) is 9.59 Å². The van der Waals surface area contributed by atoms with Crippen LogP contribution in [0.15, 0.2) is 36.4 Å². The van der Waals surface area contributed by atoms with Gasteiger partial charge in [-0.2, -0.15) is 0 Å². The summed E-state index contributed by atoms with van der Waals surface area (Å²) in [5.74, 6) is 0.0236. The normalized spacial score (nSPS) is 13.0. The third-order valence-corrected chi connectivity index (χ3v) is 4.10. The number of Topliss-reactive ketones (excluding diaryl/α,β-unsaturated/α-hetero) is 1. The standard InChI is InChI=1S/C18H14Cl2O5/c19-12-3-4-13(14(20)9-12)15(21)10-25-18(22)11-2-5-16-17(8-11)24-7-1-6-23-16/h2-5,8-9H,1,6-7,10H2. The highest BCUT2D eigenvalue weighted by molar-refractivity contribution is 6.36. The Kier molecular flexibility index (Phi) is 5.46. The van der Waals surface area contributed by atoms with Crippen LogP contribution in [0.4, 0.5) is 0 Å². The molecule has 3 rings (SSSR count). The van der Waals surface area contributed by atoms with Crippen LogP contribution in [0.3, 0.4) is 0 Å². The van der Waals surface area contributed by atoms with Gasteiger partial charge in [-0.05, 0) is 36.4 Å². The Balaban J connectivity index is 1.66. The van der Waals surface area contributed by atoms with Crippen molar-refractivity contribution in [3.8, 4) is 11.5 Å². The Morgan fingerprint density at radius 1 is 1.00 bits per heavy atom. The van der Waals surface area contributed by atoms with E-state index in [-0.39, 0.29) is 16.1 Å². The van der Waals surface area contributed by atoms with Gasteiger partial charge in [-0.1, -0.05) is 23.2 Å². The van der Waals surface area contributed by atoms with Crippen LogP contribution in [-0.2, 0) is 4.74 Å². The molecule has 0 aromatic heterocycles. The summed E-state index contributed by atoms with van der Waals surface area (Å²) < 4.78 is 16.1. The molecule has 0 radical (unpaired) electrons. The number of halogens is 2. The van der Waals surface area contributed by atoms with Gasteiger partial charge in [-0.15, -0.1) is 0 Å². The Bertz CT molecular complexity index is 819. The molecule has 0 spiro atoms. The first-order valence-electron chi connectivity index (χ1n) is 7.59. The molecule has 0 saturated carbocycles. The molecule has 0 saturated heterocycles. The van der Waals surface area contributed by atoms with Gasteiger partial charge in [0.2, 0.25) is 5.78 Å². The Morgan fingerprint density at radius 2 is 1.76 bits per heavy atom. The fourth-order valence-corrected chi connectivity index (χ4v) is 2.81. The molecule has 0 aliphatic carbocycles. The van der Waals surface area contributed by atoms with E-state index in [2.05, 4.69) is 0 Å². The van der Waals surface area contributed by atoms with Crippen molar-refractivity contribution >= 4 is 35.0 Å². The molecule has 2 aromatic rings. The van der Waals surface area contributed by atoms with Gasteiger partial charge in [0.25, 0.3) is 0 Å². The van der Waals surface area contributed by atoms with E-state index in [1.807, 2.05) is 0 Å². The molecule has 2 aromatic carbocycles. The van der Waals surface area contributed by atoms with Gasteiger partial charge in [0.1, 0.15) is 0 Å². The zero-order chi connectivity index (χ0) is 17.8.